The van der Waals surface area contributed by atoms with Crippen molar-refractivity contribution in [2.24, 2.45) is 5.73 Å². The van der Waals surface area contributed by atoms with E-state index >= 15 is 0 Å². The standard InChI is InChI=1S/C29H33N3O4/c30-24-13-15-25(16-14-24)31-28(33)27(32-29(34)36-20-22-9-5-2-6-10-22)23-11-17-26(18-12-23)35-19-21-7-3-1-4-8-21/h1-12,17-18,24-25,27H,13-16,19-20,30H2,(H,31,33)(H,32,34)/t24?,25?,27-/m0/s1. The van der Waals surface area contributed by atoms with Gasteiger partial charge in [-0.2, -0.15) is 0 Å². The summed E-state index contributed by atoms with van der Waals surface area (Å²) in [6.45, 7) is 0.561. The minimum absolute atomic E-state index is 0.0374. The van der Waals surface area contributed by atoms with Crippen molar-refractivity contribution in [3.8, 4) is 5.75 Å². The van der Waals surface area contributed by atoms with Crippen LogP contribution in [0.2, 0.25) is 0 Å². The molecule has 2 amide bonds. The van der Waals surface area contributed by atoms with Gasteiger partial charge in [0, 0.05) is 12.1 Å². The number of carbonyl (C=O) groups excluding carboxylic acids is 2. The van der Waals surface area contributed by atoms with E-state index < -0.39 is 12.1 Å². The molecule has 0 heterocycles. The Bertz CT molecular complexity index is 1100. The first-order chi connectivity index (χ1) is 17.6. The van der Waals surface area contributed by atoms with E-state index in [2.05, 4.69) is 10.6 Å². The van der Waals surface area contributed by atoms with E-state index in [1.165, 1.54) is 0 Å². The van der Waals surface area contributed by atoms with Crippen molar-refractivity contribution in [2.75, 3.05) is 0 Å². The summed E-state index contributed by atoms with van der Waals surface area (Å²) in [5.41, 5.74) is 8.58. The number of benzene rings is 3. The van der Waals surface area contributed by atoms with E-state index in [1.54, 1.807) is 24.3 Å². The van der Waals surface area contributed by atoms with Crippen LogP contribution in [-0.4, -0.2) is 24.1 Å². The average molecular weight is 488 g/mol. The predicted octanol–water partition coefficient (Wildman–Crippen LogP) is 4.62. The molecule has 1 atom stereocenters. The first-order valence-electron chi connectivity index (χ1n) is 12.4. The van der Waals surface area contributed by atoms with Gasteiger partial charge >= 0.3 is 6.09 Å². The van der Waals surface area contributed by atoms with Crippen molar-refractivity contribution >= 4 is 12.0 Å². The van der Waals surface area contributed by atoms with E-state index in [4.69, 9.17) is 15.2 Å². The van der Waals surface area contributed by atoms with Gasteiger partial charge in [-0.15, -0.1) is 0 Å². The number of carbonyl (C=O) groups is 2. The molecule has 0 spiro atoms. The van der Waals surface area contributed by atoms with Gasteiger partial charge in [0.25, 0.3) is 0 Å². The van der Waals surface area contributed by atoms with Crippen LogP contribution in [0.5, 0.6) is 5.75 Å². The van der Waals surface area contributed by atoms with E-state index in [0.29, 0.717) is 17.9 Å². The summed E-state index contributed by atoms with van der Waals surface area (Å²) in [5.74, 6) is 0.403. The van der Waals surface area contributed by atoms with E-state index in [9.17, 15) is 9.59 Å². The lowest BCUT2D eigenvalue weighted by Crippen LogP contribution is -2.46. The van der Waals surface area contributed by atoms with Gasteiger partial charge in [-0.05, 0) is 54.5 Å². The van der Waals surface area contributed by atoms with Crippen molar-refractivity contribution in [1.29, 1.82) is 0 Å². The van der Waals surface area contributed by atoms with Crippen LogP contribution in [-0.2, 0) is 22.7 Å². The topological polar surface area (TPSA) is 103 Å². The predicted molar refractivity (Wildman–Crippen MR) is 138 cm³/mol. The molecule has 0 aromatic heterocycles. The van der Waals surface area contributed by atoms with Crippen LogP contribution in [0.25, 0.3) is 0 Å². The van der Waals surface area contributed by atoms with E-state index in [0.717, 1.165) is 36.8 Å². The van der Waals surface area contributed by atoms with Crippen LogP contribution in [0, 0.1) is 0 Å². The summed E-state index contributed by atoms with van der Waals surface area (Å²) in [6, 6.07) is 25.8. The number of nitrogens with one attached hydrogen (secondary N) is 2. The van der Waals surface area contributed by atoms with Gasteiger partial charge in [0.2, 0.25) is 5.91 Å². The first kappa shape index (κ1) is 25.3. The number of nitrogens with two attached hydrogens (primary N) is 1. The highest BCUT2D eigenvalue weighted by atomic mass is 16.5. The second kappa shape index (κ2) is 12.7. The summed E-state index contributed by atoms with van der Waals surface area (Å²) in [6.07, 6.45) is 2.73. The molecule has 4 rings (SSSR count). The summed E-state index contributed by atoms with van der Waals surface area (Å²) in [7, 11) is 0. The zero-order chi connectivity index (χ0) is 25.2. The van der Waals surface area contributed by atoms with Crippen molar-refractivity contribution in [1.82, 2.24) is 10.6 Å². The number of amides is 2. The maximum Gasteiger partial charge on any atom is 0.408 e. The zero-order valence-electron chi connectivity index (χ0n) is 20.3. The smallest absolute Gasteiger partial charge is 0.408 e. The van der Waals surface area contributed by atoms with E-state index in [1.807, 2.05) is 60.7 Å². The van der Waals surface area contributed by atoms with Gasteiger partial charge in [0.05, 0.1) is 0 Å². The fraction of sp³-hybridized carbons (Fsp3) is 0.310. The number of hydrogen-bond donors (Lipinski definition) is 3. The Kier molecular flexibility index (Phi) is 8.94. The highest BCUT2D eigenvalue weighted by Gasteiger charge is 2.27. The highest BCUT2D eigenvalue weighted by molar-refractivity contribution is 5.87. The van der Waals surface area contributed by atoms with Crippen molar-refractivity contribution in [3.05, 3.63) is 102 Å². The Labute approximate surface area is 212 Å². The third kappa shape index (κ3) is 7.58. The Morgan fingerprint density at radius 1 is 0.806 bits per heavy atom. The lowest BCUT2D eigenvalue weighted by molar-refractivity contribution is -0.124. The molecule has 0 unspecified atom stereocenters. The average Bonchev–Trinajstić information content (AvgIpc) is 2.92. The fourth-order valence-corrected chi connectivity index (χ4v) is 4.23. The maximum atomic E-state index is 13.3. The summed E-state index contributed by atoms with van der Waals surface area (Å²) < 4.78 is 11.2. The van der Waals surface area contributed by atoms with Crippen LogP contribution < -0.4 is 21.1 Å². The Hall–Kier alpha value is -3.84. The molecule has 7 nitrogen and oxygen atoms in total. The Balaban J connectivity index is 1.41. The molecule has 1 aliphatic carbocycles. The minimum atomic E-state index is -0.896. The first-order valence-corrected chi connectivity index (χ1v) is 12.4. The van der Waals surface area contributed by atoms with Crippen LogP contribution in [0.4, 0.5) is 4.79 Å². The minimum Gasteiger partial charge on any atom is -0.489 e. The van der Waals surface area contributed by atoms with Gasteiger partial charge in [-0.25, -0.2) is 4.79 Å². The lowest BCUT2D eigenvalue weighted by Gasteiger charge is -2.28. The second-order valence-electron chi connectivity index (χ2n) is 9.10. The molecule has 3 aromatic carbocycles. The normalized spacial score (nSPS) is 18.0. The van der Waals surface area contributed by atoms with Crippen molar-refractivity contribution in [3.63, 3.8) is 0 Å². The molecular weight excluding hydrogens is 454 g/mol. The summed E-state index contributed by atoms with van der Waals surface area (Å²) in [4.78, 5) is 25.9. The van der Waals surface area contributed by atoms with Crippen LogP contribution in [0.15, 0.2) is 84.9 Å². The van der Waals surface area contributed by atoms with Gasteiger partial charge < -0.3 is 25.8 Å². The number of rotatable bonds is 9. The fourth-order valence-electron chi connectivity index (χ4n) is 4.23. The molecule has 188 valence electrons. The zero-order valence-corrected chi connectivity index (χ0v) is 20.3. The molecule has 1 aliphatic rings. The molecule has 4 N–H and O–H groups in total. The molecule has 0 saturated heterocycles. The Morgan fingerprint density at radius 2 is 1.39 bits per heavy atom. The lowest BCUT2D eigenvalue weighted by atomic mass is 9.91. The molecule has 0 radical (unpaired) electrons. The number of hydrogen-bond acceptors (Lipinski definition) is 5. The SMILES string of the molecule is NC1CCC(NC(=O)[C@@H](NC(=O)OCc2ccccc2)c2ccc(OCc3ccccc3)cc2)CC1. The van der Waals surface area contributed by atoms with Crippen LogP contribution in [0.1, 0.15) is 48.4 Å². The molecule has 0 bridgehead atoms. The largest absolute Gasteiger partial charge is 0.489 e. The third-order valence-electron chi connectivity index (χ3n) is 6.32. The van der Waals surface area contributed by atoms with E-state index in [-0.39, 0.29) is 24.6 Å². The number of ether oxygens (including phenoxy) is 2. The third-order valence-corrected chi connectivity index (χ3v) is 6.32. The molecule has 0 aliphatic heterocycles. The molecular formula is C29H33N3O4. The van der Waals surface area contributed by atoms with Crippen molar-refractivity contribution < 1.29 is 19.1 Å². The Morgan fingerprint density at radius 3 is 2.00 bits per heavy atom. The molecule has 7 heteroatoms. The molecule has 36 heavy (non-hydrogen) atoms. The highest BCUT2D eigenvalue weighted by Crippen LogP contribution is 2.22. The molecule has 1 saturated carbocycles. The monoisotopic (exact) mass is 487 g/mol. The summed E-state index contributed by atoms with van der Waals surface area (Å²) >= 11 is 0. The van der Waals surface area contributed by atoms with Crippen LogP contribution in [0.3, 0.4) is 0 Å². The van der Waals surface area contributed by atoms with Gasteiger partial charge in [0.15, 0.2) is 0 Å². The van der Waals surface area contributed by atoms with Gasteiger partial charge in [0.1, 0.15) is 25.0 Å². The van der Waals surface area contributed by atoms with Gasteiger partial charge in [-0.1, -0.05) is 72.8 Å². The van der Waals surface area contributed by atoms with Gasteiger partial charge in [-0.3, -0.25) is 4.79 Å². The van der Waals surface area contributed by atoms with Crippen LogP contribution >= 0.6 is 0 Å². The molecule has 3 aromatic rings. The maximum absolute atomic E-state index is 13.3. The number of alkyl carbamates (subject to hydrolysis) is 1. The second-order valence-corrected chi connectivity index (χ2v) is 9.10. The summed E-state index contributed by atoms with van der Waals surface area (Å²) in [5, 5.41) is 5.82. The quantitative estimate of drug-likeness (QED) is 0.409. The van der Waals surface area contributed by atoms with Crippen molar-refractivity contribution in [2.45, 2.75) is 57.0 Å². The molecule has 1 fully saturated rings.